The Morgan fingerprint density at radius 3 is 2.74 bits per heavy atom. The van der Waals surface area contributed by atoms with E-state index >= 15 is 0 Å². The van der Waals surface area contributed by atoms with Crippen molar-refractivity contribution in [3.8, 4) is 0 Å². The van der Waals surface area contributed by atoms with Crippen molar-refractivity contribution in [3.63, 3.8) is 0 Å². The zero-order chi connectivity index (χ0) is 13.2. The Morgan fingerprint density at radius 1 is 1.11 bits per heavy atom. The highest BCUT2D eigenvalue weighted by Gasteiger charge is 2.06. The van der Waals surface area contributed by atoms with Crippen molar-refractivity contribution in [1.82, 2.24) is 9.55 Å². The van der Waals surface area contributed by atoms with E-state index in [9.17, 15) is 5.11 Å². The quantitative estimate of drug-likeness (QED) is 0.778. The first kappa shape index (κ1) is 11.9. The number of aliphatic hydroxyl groups excluding tert-OH is 1. The molecule has 1 aromatic carbocycles. The van der Waals surface area contributed by atoms with Gasteiger partial charge >= 0.3 is 0 Å². The maximum Gasteiger partial charge on any atom is 0.0702 e. The van der Waals surface area contributed by atoms with Gasteiger partial charge in [0.1, 0.15) is 0 Å². The lowest BCUT2D eigenvalue weighted by Gasteiger charge is -2.08. The number of pyridine rings is 1. The average Bonchev–Trinajstić information content (AvgIpc) is 2.82. The molecule has 3 nitrogen and oxygen atoms in total. The molecule has 0 saturated heterocycles. The standard InChI is InChI=1S/C16H16N2O/c1-12-4-2-7-15(17-12)10-18-9-8-13-5-3-6-14(11-19)16(13)18/h2-9,19H,10-11H2,1H3. The highest BCUT2D eigenvalue weighted by Crippen LogP contribution is 2.21. The zero-order valence-electron chi connectivity index (χ0n) is 10.9. The van der Waals surface area contributed by atoms with Gasteiger partial charge < -0.3 is 9.67 Å². The summed E-state index contributed by atoms with van der Waals surface area (Å²) in [7, 11) is 0. The molecule has 0 aliphatic heterocycles. The first-order valence-electron chi connectivity index (χ1n) is 6.38. The Hall–Kier alpha value is -2.13. The molecule has 0 atom stereocenters. The Labute approximate surface area is 112 Å². The number of rotatable bonds is 3. The summed E-state index contributed by atoms with van der Waals surface area (Å²) in [5, 5.41) is 10.6. The van der Waals surface area contributed by atoms with Gasteiger partial charge in [-0.3, -0.25) is 4.98 Å². The molecule has 0 amide bonds. The molecule has 19 heavy (non-hydrogen) atoms. The lowest BCUT2D eigenvalue weighted by molar-refractivity contribution is 0.283. The van der Waals surface area contributed by atoms with E-state index in [1.165, 1.54) is 0 Å². The number of aliphatic hydroxyl groups is 1. The van der Waals surface area contributed by atoms with E-state index in [-0.39, 0.29) is 6.61 Å². The van der Waals surface area contributed by atoms with E-state index < -0.39 is 0 Å². The molecule has 0 bridgehead atoms. The molecule has 1 N–H and O–H groups in total. The second kappa shape index (κ2) is 4.86. The Kier molecular flexibility index (Phi) is 3.05. The molecular weight excluding hydrogens is 236 g/mol. The van der Waals surface area contributed by atoms with E-state index in [4.69, 9.17) is 0 Å². The SMILES string of the molecule is Cc1cccc(Cn2ccc3cccc(CO)c32)n1. The number of para-hydroxylation sites is 1. The summed E-state index contributed by atoms with van der Waals surface area (Å²) in [6, 6.07) is 14.1. The van der Waals surface area contributed by atoms with Crippen LogP contribution in [0.5, 0.6) is 0 Å². The number of hydrogen-bond donors (Lipinski definition) is 1. The summed E-state index contributed by atoms with van der Waals surface area (Å²) < 4.78 is 2.14. The fourth-order valence-electron chi connectivity index (χ4n) is 2.46. The summed E-state index contributed by atoms with van der Waals surface area (Å²) in [6.07, 6.45) is 2.05. The van der Waals surface area contributed by atoms with Gasteiger partial charge in [0, 0.05) is 17.5 Å². The van der Waals surface area contributed by atoms with E-state index in [0.29, 0.717) is 0 Å². The smallest absolute Gasteiger partial charge is 0.0702 e. The van der Waals surface area contributed by atoms with Crippen LogP contribution in [0.4, 0.5) is 0 Å². The molecule has 2 heterocycles. The van der Waals surface area contributed by atoms with Crippen LogP contribution in [0.3, 0.4) is 0 Å². The van der Waals surface area contributed by atoms with Crippen molar-refractivity contribution >= 4 is 10.9 Å². The molecule has 96 valence electrons. The van der Waals surface area contributed by atoms with Gasteiger partial charge in [0.05, 0.1) is 24.4 Å². The summed E-state index contributed by atoms with van der Waals surface area (Å²) in [6.45, 7) is 2.78. The van der Waals surface area contributed by atoms with Crippen molar-refractivity contribution in [2.75, 3.05) is 0 Å². The number of benzene rings is 1. The minimum atomic E-state index is 0.0581. The topological polar surface area (TPSA) is 38.0 Å². The van der Waals surface area contributed by atoms with Crippen LogP contribution < -0.4 is 0 Å². The lowest BCUT2D eigenvalue weighted by Crippen LogP contribution is -2.02. The van der Waals surface area contributed by atoms with E-state index in [2.05, 4.69) is 21.7 Å². The molecular formula is C16H16N2O. The van der Waals surface area contributed by atoms with Crippen molar-refractivity contribution in [2.45, 2.75) is 20.1 Å². The first-order valence-corrected chi connectivity index (χ1v) is 6.38. The predicted molar refractivity (Wildman–Crippen MR) is 75.9 cm³/mol. The highest BCUT2D eigenvalue weighted by atomic mass is 16.3. The van der Waals surface area contributed by atoms with Crippen LogP contribution in [0, 0.1) is 6.92 Å². The minimum absolute atomic E-state index is 0.0581. The van der Waals surface area contributed by atoms with Gasteiger partial charge in [0.25, 0.3) is 0 Å². The third-order valence-electron chi connectivity index (χ3n) is 3.32. The number of aromatic nitrogens is 2. The lowest BCUT2D eigenvalue weighted by atomic mass is 10.1. The van der Waals surface area contributed by atoms with E-state index in [1.54, 1.807) is 0 Å². The molecule has 0 saturated carbocycles. The minimum Gasteiger partial charge on any atom is -0.392 e. The molecule has 3 aromatic rings. The van der Waals surface area contributed by atoms with E-state index in [1.807, 2.05) is 43.5 Å². The second-order valence-corrected chi connectivity index (χ2v) is 4.73. The van der Waals surface area contributed by atoms with E-state index in [0.717, 1.165) is 34.4 Å². The molecule has 2 aromatic heterocycles. The van der Waals surface area contributed by atoms with Crippen LogP contribution in [0.25, 0.3) is 10.9 Å². The maximum absolute atomic E-state index is 9.46. The van der Waals surface area contributed by atoms with Crippen molar-refractivity contribution in [2.24, 2.45) is 0 Å². The van der Waals surface area contributed by atoms with Gasteiger partial charge in [-0.25, -0.2) is 0 Å². The molecule has 0 radical (unpaired) electrons. The van der Waals surface area contributed by atoms with Crippen LogP contribution in [0.15, 0.2) is 48.7 Å². The van der Waals surface area contributed by atoms with Gasteiger partial charge in [-0.15, -0.1) is 0 Å². The summed E-state index contributed by atoms with van der Waals surface area (Å²) >= 11 is 0. The normalized spacial score (nSPS) is 11.1. The van der Waals surface area contributed by atoms with Crippen LogP contribution in [0.1, 0.15) is 17.0 Å². The first-order chi connectivity index (χ1) is 9.28. The molecule has 3 rings (SSSR count). The number of fused-ring (bicyclic) bond motifs is 1. The summed E-state index contributed by atoms with van der Waals surface area (Å²) in [5.41, 5.74) is 4.10. The van der Waals surface area contributed by atoms with Crippen LogP contribution in [0.2, 0.25) is 0 Å². The second-order valence-electron chi connectivity index (χ2n) is 4.73. The van der Waals surface area contributed by atoms with Gasteiger partial charge in [-0.2, -0.15) is 0 Å². The summed E-state index contributed by atoms with van der Waals surface area (Å²) in [5.74, 6) is 0. The van der Waals surface area contributed by atoms with Gasteiger partial charge in [0.2, 0.25) is 0 Å². The van der Waals surface area contributed by atoms with Crippen LogP contribution in [-0.4, -0.2) is 14.7 Å². The Morgan fingerprint density at radius 2 is 1.95 bits per heavy atom. The third-order valence-corrected chi connectivity index (χ3v) is 3.32. The number of nitrogens with zero attached hydrogens (tertiary/aromatic N) is 2. The largest absolute Gasteiger partial charge is 0.392 e. The van der Waals surface area contributed by atoms with Crippen LogP contribution >= 0.6 is 0 Å². The van der Waals surface area contributed by atoms with Crippen molar-refractivity contribution in [3.05, 3.63) is 65.6 Å². The van der Waals surface area contributed by atoms with Gasteiger partial charge in [0.15, 0.2) is 0 Å². The zero-order valence-corrected chi connectivity index (χ0v) is 10.9. The highest BCUT2D eigenvalue weighted by molar-refractivity contribution is 5.83. The maximum atomic E-state index is 9.46. The molecule has 0 aliphatic carbocycles. The third kappa shape index (κ3) is 2.25. The molecule has 0 aliphatic rings. The fraction of sp³-hybridized carbons (Fsp3) is 0.188. The van der Waals surface area contributed by atoms with Crippen molar-refractivity contribution < 1.29 is 5.11 Å². The molecule has 0 spiro atoms. The average molecular weight is 252 g/mol. The molecule has 0 fully saturated rings. The fourth-order valence-corrected chi connectivity index (χ4v) is 2.46. The van der Waals surface area contributed by atoms with Crippen molar-refractivity contribution in [1.29, 1.82) is 0 Å². The molecule has 0 unspecified atom stereocenters. The Bertz CT molecular complexity index is 716. The number of hydrogen-bond acceptors (Lipinski definition) is 2. The predicted octanol–water partition coefficient (Wildman–Crippen LogP) is 2.89. The molecule has 3 heteroatoms. The van der Waals surface area contributed by atoms with Gasteiger partial charge in [-0.05, 0) is 30.5 Å². The summed E-state index contributed by atoms with van der Waals surface area (Å²) in [4.78, 5) is 4.53. The monoisotopic (exact) mass is 252 g/mol. The van der Waals surface area contributed by atoms with Gasteiger partial charge in [-0.1, -0.05) is 24.3 Å². The van der Waals surface area contributed by atoms with Crippen LogP contribution in [-0.2, 0) is 13.2 Å². The Balaban J connectivity index is 2.06. The number of aryl methyl sites for hydroxylation is 1.